The number of nitriles is 1. The molecule has 0 heterocycles. The number of benzene rings is 1. The van der Waals surface area contributed by atoms with Crippen LogP contribution in [0.5, 0.6) is 0 Å². The van der Waals surface area contributed by atoms with E-state index in [1.807, 2.05) is 30.3 Å². The van der Waals surface area contributed by atoms with Gasteiger partial charge in [-0.05, 0) is 17.7 Å². The van der Waals surface area contributed by atoms with Crippen molar-refractivity contribution in [3.05, 3.63) is 34.3 Å². The Bertz CT molecular complexity index is 367. The molecule has 0 saturated carbocycles. The third kappa shape index (κ3) is 4.61. The smallest absolute Gasteiger partial charge is 0.307 e. The van der Waals surface area contributed by atoms with Gasteiger partial charge in [0, 0.05) is 10.9 Å². The first-order valence-corrected chi connectivity index (χ1v) is 5.28. The van der Waals surface area contributed by atoms with Gasteiger partial charge in [0.2, 0.25) is 0 Å². The number of esters is 1. The first-order valence-electron chi connectivity index (χ1n) is 4.49. The predicted molar refractivity (Wildman–Crippen MR) is 58.8 cm³/mol. The minimum atomic E-state index is -0.334. The molecular weight excluding hydrogens is 258 g/mol. The van der Waals surface area contributed by atoms with Gasteiger partial charge < -0.3 is 4.74 Å². The van der Waals surface area contributed by atoms with Crippen molar-refractivity contribution < 1.29 is 9.53 Å². The van der Waals surface area contributed by atoms with Gasteiger partial charge in [-0.3, -0.25) is 4.79 Å². The van der Waals surface area contributed by atoms with Crippen LogP contribution in [-0.2, 0) is 16.1 Å². The molecule has 0 N–H and O–H groups in total. The van der Waals surface area contributed by atoms with Crippen molar-refractivity contribution in [2.45, 2.75) is 19.4 Å². The second-order valence-corrected chi connectivity index (χ2v) is 3.86. The molecule has 0 amide bonds. The lowest BCUT2D eigenvalue weighted by molar-refractivity contribution is -0.144. The van der Waals surface area contributed by atoms with Crippen LogP contribution in [0.2, 0.25) is 0 Å². The monoisotopic (exact) mass is 267 g/mol. The van der Waals surface area contributed by atoms with E-state index < -0.39 is 0 Å². The van der Waals surface area contributed by atoms with E-state index in [9.17, 15) is 4.79 Å². The normalized spacial score (nSPS) is 9.33. The van der Waals surface area contributed by atoms with Crippen LogP contribution in [0.4, 0.5) is 0 Å². The molecule has 0 unspecified atom stereocenters. The molecule has 1 aromatic rings. The number of carbonyl (C=O) groups excluding carboxylic acids is 1. The van der Waals surface area contributed by atoms with E-state index in [0.717, 1.165) is 10.0 Å². The summed E-state index contributed by atoms with van der Waals surface area (Å²) in [7, 11) is 0. The van der Waals surface area contributed by atoms with E-state index in [4.69, 9.17) is 10.00 Å². The summed E-state index contributed by atoms with van der Waals surface area (Å²) in [5.74, 6) is -0.334. The van der Waals surface area contributed by atoms with Gasteiger partial charge in [-0.2, -0.15) is 5.26 Å². The van der Waals surface area contributed by atoms with Gasteiger partial charge in [-0.15, -0.1) is 0 Å². The highest BCUT2D eigenvalue weighted by Gasteiger charge is 2.02. The predicted octanol–water partition coefficient (Wildman–Crippen LogP) is 2.80. The summed E-state index contributed by atoms with van der Waals surface area (Å²) < 4.78 is 5.95. The summed E-state index contributed by atoms with van der Waals surface area (Å²) in [5.41, 5.74) is 0.934. The zero-order valence-electron chi connectivity index (χ0n) is 8.07. The summed E-state index contributed by atoms with van der Waals surface area (Å²) in [5, 5.41) is 8.27. The van der Waals surface area contributed by atoms with Crippen molar-refractivity contribution in [2.24, 2.45) is 0 Å². The Hall–Kier alpha value is -1.34. The summed E-state index contributed by atoms with van der Waals surface area (Å²) in [4.78, 5) is 11.1. The fourth-order valence-corrected chi connectivity index (χ4v) is 1.24. The van der Waals surface area contributed by atoms with E-state index in [1.54, 1.807) is 0 Å². The van der Waals surface area contributed by atoms with Crippen LogP contribution in [-0.4, -0.2) is 5.97 Å². The highest BCUT2D eigenvalue weighted by Crippen LogP contribution is 2.11. The van der Waals surface area contributed by atoms with Crippen molar-refractivity contribution in [1.29, 1.82) is 5.26 Å². The number of halogens is 1. The van der Waals surface area contributed by atoms with Gasteiger partial charge in [-0.1, -0.05) is 28.1 Å². The van der Waals surface area contributed by atoms with Crippen molar-refractivity contribution >= 4 is 21.9 Å². The minimum Gasteiger partial charge on any atom is -0.461 e. The van der Waals surface area contributed by atoms with Crippen LogP contribution >= 0.6 is 15.9 Å². The average Bonchev–Trinajstić information content (AvgIpc) is 2.25. The molecule has 1 aromatic carbocycles. The molecule has 0 aliphatic heterocycles. The van der Waals surface area contributed by atoms with Crippen LogP contribution in [0.3, 0.4) is 0 Å². The molecule has 0 saturated heterocycles. The molecule has 0 aliphatic carbocycles. The Kier molecular flexibility index (Phi) is 4.85. The largest absolute Gasteiger partial charge is 0.461 e. The number of carbonyl (C=O) groups is 1. The molecule has 0 fully saturated rings. The second kappa shape index (κ2) is 6.20. The lowest BCUT2D eigenvalue weighted by Gasteiger charge is -2.03. The summed E-state index contributed by atoms with van der Waals surface area (Å²) in [6.45, 7) is 0.261. The molecule has 0 spiro atoms. The van der Waals surface area contributed by atoms with E-state index in [0.29, 0.717) is 0 Å². The molecule has 0 aromatic heterocycles. The maximum Gasteiger partial charge on any atom is 0.307 e. The topological polar surface area (TPSA) is 50.1 Å². The number of ether oxygens (including phenoxy) is 1. The molecule has 0 bridgehead atoms. The minimum absolute atomic E-state index is 0.160. The highest BCUT2D eigenvalue weighted by atomic mass is 79.9. The van der Waals surface area contributed by atoms with E-state index in [1.165, 1.54) is 0 Å². The maximum absolute atomic E-state index is 11.1. The number of hydrogen-bond donors (Lipinski definition) is 0. The van der Waals surface area contributed by atoms with Crippen LogP contribution in [0, 0.1) is 11.3 Å². The third-order valence-electron chi connectivity index (χ3n) is 1.75. The molecule has 0 atom stereocenters. The van der Waals surface area contributed by atoms with Gasteiger partial charge in [0.25, 0.3) is 0 Å². The Labute approximate surface area is 96.8 Å². The fraction of sp³-hybridized carbons (Fsp3) is 0.273. The molecule has 0 radical (unpaired) electrons. The molecule has 78 valence electrons. The first kappa shape index (κ1) is 11.7. The average molecular weight is 268 g/mol. The number of hydrogen-bond acceptors (Lipinski definition) is 3. The fourth-order valence-electron chi connectivity index (χ4n) is 0.975. The van der Waals surface area contributed by atoms with Crippen molar-refractivity contribution in [3.63, 3.8) is 0 Å². The Morgan fingerprint density at radius 1 is 1.40 bits per heavy atom. The van der Waals surface area contributed by atoms with Crippen molar-refractivity contribution in [3.8, 4) is 6.07 Å². The molecule has 0 aliphatic rings. The summed E-state index contributed by atoms with van der Waals surface area (Å²) in [6.07, 6.45) is 0.367. The first-order chi connectivity index (χ1) is 7.22. The zero-order chi connectivity index (χ0) is 11.1. The summed E-state index contributed by atoms with van der Waals surface area (Å²) >= 11 is 3.32. The molecular formula is C11H10BrNO2. The van der Waals surface area contributed by atoms with E-state index >= 15 is 0 Å². The zero-order valence-corrected chi connectivity index (χ0v) is 9.66. The number of rotatable bonds is 4. The molecule has 3 nitrogen and oxygen atoms in total. The maximum atomic E-state index is 11.1. The van der Waals surface area contributed by atoms with Crippen LogP contribution in [0.25, 0.3) is 0 Å². The van der Waals surface area contributed by atoms with Crippen molar-refractivity contribution in [1.82, 2.24) is 0 Å². The SMILES string of the molecule is N#CCCC(=O)OCc1ccc(Br)cc1. The van der Waals surface area contributed by atoms with Crippen molar-refractivity contribution in [2.75, 3.05) is 0 Å². The molecule has 15 heavy (non-hydrogen) atoms. The molecule has 1 rings (SSSR count). The lowest BCUT2D eigenvalue weighted by atomic mass is 10.2. The van der Waals surface area contributed by atoms with Gasteiger partial charge in [0.1, 0.15) is 6.61 Å². The summed E-state index contributed by atoms with van der Waals surface area (Å²) in [6, 6.07) is 9.43. The standard InChI is InChI=1S/C11H10BrNO2/c12-10-5-3-9(4-6-10)8-15-11(14)2-1-7-13/h3-6H,1-2,8H2. The van der Waals surface area contributed by atoms with Gasteiger partial charge in [-0.25, -0.2) is 0 Å². The van der Waals surface area contributed by atoms with Gasteiger partial charge in [0.05, 0.1) is 12.5 Å². The van der Waals surface area contributed by atoms with Crippen LogP contribution in [0.15, 0.2) is 28.7 Å². The quantitative estimate of drug-likeness (QED) is 0.789. The van der Waals surface area contributed by atoms with Gasteiger partial charge in [0.15, 0.2) is 0 Å². The van der Waals surface area contributed by atoms with Crippen LogP contribution < -0.4 is 0 Å². The third-order valence-corrected chi connectivity index (χ3v) is 2.28. The molecule has 4 heteroatoms. The number of nitrogens with zero attached hydrogens (tertiary/aromatic N) is 1. The van der Waals surface area contributed by atoms with E-state index in [-0.39, 0.29) is 25.4 Å². The second-order valence-electron chi connectivity index (χ2n) is 2.95. The Balaban J connectivity index is 2.34. The van der Waals surface area contributed by atoms with E-state index in [2.05, 4.69) is 15.9 Å². The van der Waals surface area contributed by atoms with Gasteiger partial charge >= 0.3 is 5.97 Å². The highest BCUT2D eigenvalue weighted by molar-refractivity contribution is 9.10. The lowest BCUT2D eigenvalue weighted by Crippen LogP contribution is -2.03. The van der Waals surface area contributed by atoms with Crippen LogP contribution in [0.1, 0.15) is 18.4 Å². The Morgan fingerprint density at radius 3 is 2.67 bits per heavy atom. The Morgan fingerprint density at radius 2 is 2.07 bits per heavy atom.